The highest BCUT2D eigenvalue weighted by Gasteiger charge is 2.36. The van der Waals surface area contributed by atoms with E-state index in [0.29, 0.717) is 36.9 Å². The van der Waals surface area contributed by atoms with Crippen molar-refractivity contribution in [2.45, 2.75) is 18.5 Å². The fourth-order valence-electron chi connectivity index (χ4n) is 4.82. The van der Waals surface area contributed by atoms with Crippen LogP contribution in [0.1, 0.15) is 33.6 Å². The quantitative estimate of drug-likeness (QED) is 0.404. The van der Waals surface area contributed by atoms with Crippen molar-refractivity contribution in [2.24, 2.45) is 0 Å². The summed E-state index contributed by atoms with van der Waals surface area (Å²) in [4.78, 5) is 29.9. The van der Waals surface area contributed by atoms with Crippen molar-refractivity contribution < 1.29 is 14.6 Å². The Labute approximate surface area is 202 Å². The van der Waals surface area contributed by atoms with Gasteiger partial charge in [-0.05, 0) is 11.1 Å². The number of methoxy groups -OCH3 is 1. The van der Waals surface area contributed by atoms with E-state index in [0.717, 1.165) is 11.1 Å². The third-order valence-corrected chi connectivity index (χ3v) is 6.42. The van der Waals surface area contributed by atoms with Gasteiger partial charge >= 0.3 is 0 Å². The minimum Gasteiger partial charge on any atom is -0.503 e. The van der Waals surface area contributed by atoms with Crippen LogP contribution in [-0.2, 0) is 11.3 Å². The van der Waals surface area contributed by atoms with E-state index in [9.17, 15) is 14.7 Å². The molecule has 178 valence electrons. The van der Waals surface area contributed by atoms with Gasteiger partial charge in [-0.2, -0.15) is 0 Å². The number of nitrogens with one attached hydrogen (secondary N) is 1. The van der Waals surface area contributed by atoms with Crippen molar-refractivity contribution in [1.82, 2.24) is 19.4 Å². The number of aromatic hydroxyl groups is 1. The van der Waals surface area contributed by atoms with Crippen LogP contribution < -0.4 is 10.7 Å². The molecule has 0 bridgehead atoms. The predicted octanol–water partition coefficient (Wildman–Crippen LogP) is 3.18. The molecule has 2 N–H and O–H groups in total. The summed E-state index contributed by atoms with van der Waals surface area (Å²) in [7, 11) is 1.57. The van der Waals surface area contributed by atoms with Gasteiger partial charge in [0.1, 0.15) is 11.4 Å². The summed E-state index contributed by atoms with van der Waals surface area (Å²) >= 11 is 0. The standard InChI is InChI=1S/C27H26N4O4/c1-35-15-13-28-27(34)20-16-29-26-24-25(33)22(32)12-14-30(24)21(17-31(20)26)23(18-8-4-2-5-9-18)19-10-6-3-7-11-19/h2-12,14,16,21,23,33H,13,15,17H2,1H3,(H,28,34)/t21-/m1/s1. The maximum Gasteiger partial charge on any atom is 0.269 e. The lowest BCUT2D eigenvalue weighted by Gasteiger charge is -2.36. The van der Waals surface area contributed by atoms with Crippen molar-refractivity contribution >= 4 is 5.91 Å². The minimum atomic E-state index is -0.492. The number of pyridine rings is 1. The molecule has 0 radical (unpaired) electrons. The molecule has 2 aromatic heterocycles. The molecule has 3 heterocycles. The van der Waals surface area contributed by atoms with Gasteiger partial charge < -0.3 is 24.3 Å². The topological polar surface area (TPSA) is 98.4 Å². The Hall–Kier alpha value is -4.17. The average Bonchev–Trinajstić information content (AvgIpc) is 3.31. The maximum absolute atomic E-state index is 13.0. The molecule has 1 aliphatic heterocycles. The Bertz CT molecular complexity index is 1360. The molecule has 0 aliphatic carbocycles. The van der Waals surface area contributed by atoms with Crippen LogP contribution in [0.5, 0.6) is 5.75 Å². The molecular formula is C27H26N4O4. The lowest BCUT2D eigenvalue weighted by atomic mass is 9.83. The number of carbonyl (C=O) groups excluding carboxylic acids is 1. The predicted molar refractivity (Wildman–Crippen MR) is 132 cm³/mol. The number of hydrogen-bond donors (Lipinski definition) is 2. The van der Waals surface area contributed by atoms with Gasteiger partial charge in [-0.3, -0.25) is 9.59 Å². The zero-order valence-corrected chi connectivity index (χ0v) is 19.3. The number of hydrogen-bond acceptors (Lipinski definition) is 5. The molecule has 8 nitrogen and oxygen atoms in total. The molecule has 5 rings (SSSR count). The van der Waals surface area contributed by atoms with Crippen LogP contribution >= 0.6 is 0 Å². The van der Waals surface area contributed by atoms with Crippen LogP contribution in [0.4, 0.5) is 0 Å². The molecule has 0 saturated carbocycles. The molecule has 8 heteroatoms. The first kappa shape index (κ1) is 22.6. The lowest BCUT2D eigenvalue weighted by molar-refractivity contribution is 0.0926. The molecule has 1 aliphatic rings. The third-order valence-electron chi connectivity index (χ3n) is 6.42. The van der Waals surface area contributed by atoms with E-state index in [2.05, 4.69) is 34.6 Å². The van der Waals surface area contributed by atoms with Crippen LogP contribution in [0.15, 0.2) is 83.9 Å². The second kappa shape index (κ2) is 9.60. The highest BCUT2D eigenvalue weighted by molar-refractivity contribution is 5.93. The van der Waals surface area contributed by atoms with E-state index < -0.39 is 5.43 Å². The van der Waals surface area contributed by atoms with Gasteiger partial charge in [-0.15, -0.1) is 0 Å². The summed E-state index contributed by atoms with van der Waals surface area (Å²) in [6, 6.07) is 21.3. The number of benzene rings is 2. The summed E-state index contributed by atoms with van der Waals surface area (Å²) < 4.78 is 8.74. The Balaban J connectivity index is 1.68. The molecule has 35 heavy (non-hydrogen) atoms. The first-order valence-electron chi connectivity index (χ1n) is 11.5. The average molecular weight is 471 g/mol. The second-order valence-electron chi connectivity index (χ2n) is 8.48. The largest absolute Gasteiger partial charge is 0.503 e. The number of amides is 1. The van der Waals surface area contributed by atoms with E-state index in [-0.39, 0.29) is 23.6 Å². The Morgan fingerprint density at radius 1 is 1.11 bits per heavy atom. The van der Waals surface area contributed by atoms with Gasteiger partial charge in [0.05, 0.1) is 18.8 Å². The SMILES string of the molecule is COCCNC(=O)c1cnc2n1C[C@H](C(c1ccccc1)c1ccccc1)n1ccc(=O)c(O)c1-2. The van der Waals surface area contributed by atoms with Crippen LogP contribution in [0.2, 0.25) is 0 Å². The lowest BCUT2D eigenvalue weighted by Crippen LogP contribution is -2.34. The summed E-state index contributed by atoms with van der Waals surface area (Å²) in [6.45, 7) is 1.17. The van der Waals surface area contributed by atoms with Crippen molar-refractivity contribution in [2.75, 3.05) is 20.3 Å². The maximum atomic E-state index is 13.0. The third kappa shape index (κ3) is 4.13. The number of aromatic nitrogens is 3. The number of ether oxygens (including phenoxy) is 1. The summed E-state index contributed by atoms with van der Waals surface area (Å²) in [5.74, 6) is -0.400. The molecule has 0 unspecified atom stereocenters. The summed E-state index contributed by atoms with van der Waals surface area (Å²) in [6.07, 6.45) is 3.19. The summed E-state index contributed by atoms with van der Waals surface area (Å²) in [5.41, 5.74) is 2.35. The zero-order valence-electron chi connectivity index (χ0n) is 19.3. The molecule has 1 atom stereocenters. The van der Waals surface area contributed by atoms with Gasteiger partial charge in [0.2, 0.25) is 5.43 Å². The minimum absolute atomic E-state index is 0.113. The van der Waals surface area contributed by atoms with Crippen molar-refractivity contribution in [3.63, 3.8) is 0 Å². The molecule has 4 aromatic rings. The number of nitrogens with zero attached hydrogens (tertiary/aromatic N) is 3. The molecule has 0 fully saturated rings. The van der Waals surface area contributed by atoms with E-state index in [1.165, 1.54) is 12.3 Å². The molecule has 2 aromatic carbocycles. The fourth-order valence-corrected chi connectivity index (χ4v) is 4.82. The Kier molecular flexibility index (Phi) is 6.20. The van der Waals surface area contributed by atoms with E-state index >= 15 is 0 Å². The van der Waals surface area contributed by atoms with E-state index in [1.54, 1.807) is 17.9 Å². The molecule has 1 amide bonds. The van der Waals surface area contributed by atoms with Gasteiger partial charge in [-0.1, -0.05) is 60.7 Å². The van der Waals surface area contributed by atoms with Crippen LogP contribution in [-0.4, -0.2) is 45.4 Å². The van der Waals surface area contributed by atoms with E-state index in [1.807, 2.05) is 41.0 Å². The van der Waals surface area contributed by atoms with Crippen molar-refractivity contribution in [3.8, 4) is 17.3 Å². The van der Waals surface area contributed by atoms with Crippen LogP contribution in [0, 0.1) is 0 Å². The Morgan fingerprint density at radius 2 is 1.77 bits per heavy atom. The molecule has 0 saturated heterocycles. The van der Waals surface area contributed by atoms with Crippen molar-refractivity contribution in [1.29, 1.82) is 0 Å². The summed E-state index contributed by atoms with van der Waals surface area (Å²) in [5, 5.41) is 13.7. The first-order valence-corrected chi connectivity index (χ1v) is 11.5. The van der Waals surface area contributed by atoms with Crippen molar-refractivity contribution in [3.05, 3.63) is 106 Å². The Morgan fingerprint density at radius 3 is 2.40 bits per heavy atom. The second-order valence-corrected chi connectivity index (χ2v) is 8.48. The van der Waals surface area contributed by atoms with Gasteiger partial charge in [0, 0.05) is 38.4 Å². The van der Waals surface area contributed by atoms with Crippen LogP contribution in [0.25, 0.3) is 11.5 Å². The zero-order chi connectivity index (χ0) is 24.4. The smallest absolute Gasteiger partial charge is 0.269 e. The number of carbonyl (C=O) groups is 1. The van der Waals surface area contributed by atoms with Gasteiger partial charge in [0.15, 0.2) is 11.6 Å². The molecule has 0 spiro atoms. The monoisotopic (exact) mass is 470 g/mol. The molecular weight excluding hydrogens is 444 g/mol. The highest BCUT2D eigenvalue weighted by atomic mass is 16.5. The number of imidazole rings is 1. The van der Waals surface area contributed by atoms with Gasteiger partial charge in [0.25, 0.3) is 5.91 Å². The first-order chi connectivity index (χ1) is 17.1. The highest BCUT2D eigenvalue weighted by Crippen LogP contribution is 2.43. The van der Waals surface area contributed by atoms with Crippen LogP contribution in [0.3, 0.4) is 0 Å². The normalized spacial score (nSPS) is 14.4. The van der Waals surface area contributed by atoms with Gasteiger partial charge in [-0.25, -0.2) is 4.98 Å². The number of rotatable bonds is 7. The van der Waals surface area contributed by atoms with E-state index in [4.69, 9.17) is 4.74 Å². The number of fused-ring (bicyclic) bond motifs is 3. The fraction of sp³-hybridized carbons (Fsp3) is 0.222.